The summed E-state index contributed by atoms with van der Waals surface area (Å²) < 4.78 is 1.07. The Balaban J connectivity index is 2.39. The molecule has 1 aromatic heterocycles. The lowest BCUT2D eigenvalue weighted by Crippen LogP contribution is -2.23. The Hall–Kier alpha value is -1.61. The van der Waals surface area contributed by atoms with Gasteiger partial charge in [-0.3, -0.25) is 9.78 Å². The molecule has 17 heavy (non-hydrogen) atoms. The van der Waals surface area contributed by atoms with Crippen LogP contribution in [0.15, 0.2) is 30.5 Å². The van der Waals surface area contributed by atoms with Crippen molar-refractivity contribution in [2.45, 2.75) is 0 Å². The lowest BCUT2D eigenvalue weighted by atomic mass is 10.1. The van der Waals surface area contributed by atoms with Gasteiger partial charge in [-0.05, 0) is 34.7 Å². The van der Waals surface area contributed by atoms with E-state index in [4.69, 9.17) is 6.42 Å². The lowest BCUT2D eigenvalue weighted by molar-refractivity contribution is 0.0958. The van der Waals surface area contributed by atoms with Crippen molar-refractivity contribution in [2.75, 3.05) is 6.54 Å². The van der Waals surface area contributed by atoms with Gasteiger partial charge in [0.25, 0.3) is 5.91 Å². The van der Waals surface area contributed by atoms with E-state index in [0.717, 1.165) is 14.5 Å². The summed E-state index contributed by atoms with van der Waals surface area (Å²) in [6, 6.07) is 7.67. The Morgan fingerprint density at radius 2 is 2.35 bits per heavy atom. The molecule has 0 fully saturated rings. The van der Waals surface area contributed by atoms with Gasteiger partial charge >= 0.3 is 0 Å². The van der Waals surface area contributed by atoms with Gasteiger partial charge in [0.05, 0.1) is 17.6 Å². The van der Waals surface area contributed by atoms with Crippen molar-refractivity contribution in [1.29, 1.82) is 0 Å². The fraction of sp³-hybridized carbons (Fsp3) is 0.0769. The molecule has 1 aromatic carbocycles. The van der Waals surface area contributed by atoms with Gasteiger partial charge < -0.3 is 5.32 Å². The number of benzene rings is 1. The zero-order chi connectivity index (χ0) is 12.3. The number of aromatic nitrogens is 1. The second-order valence-electron chi connectivity index (χ2n) is 3.42. The first kappa shape index (κ1) is 11.9. The molecule has 2 aromatic rings. The minimum Gasteiger partial charge on any atom is -0.341 e. The van der Waals surface area contributed by atoms with E-state index in [1.807, 2.05) is 24.3 Å². The smallest absolute Gasteiger partial charge is 0.253 e. The molecule has 0 aliphatic heterocycles. The molecule has 1 amide bonds. The average molecular weight is 336 g/mol. The normalized spacial score (nSPS) is 9.88. The van der Waals surface area contributed by atoms with Gasteiger partial charge in [0, 0.05) is 15.2 Å². The minimum absolute atomic E-state index is 0.198. The van der Waals surface area contributed by atoms with E-state index in [0.29, 0.717) is 5.56 Å². The van der Waals surface area contributed by atoms with Crippen LogP contribution in [-0.4, -0.2) is 17.4 Å². The van der Waals surface area contributed by atoms with E-state index in [9.17, 15) is 4.79 Å². The Labute approximate surface area is 113 Å². The highest BCUT2D eigenvalue weighted by molar-refractivity contribution is 14.1. The third-order valence-corrected chi connectivity index (χ3v) is 3.15. The van der Waals surface area contributed by atoms with Gasteiger partial charge in [-0.2, -0.15) is 0 Å². The Bertz CT molecular complexity index is 616. The van der Waals surface area contributed by atoms with E-state index in [-0.39, 0.29) is 12.5 Å². The fourth-order valence-electron chi connectivity index (χ4n) is 1.48. The number of fused-ring (bicyclic) bond motifs is 1. The van der Waals surface area contributed by atoms with Crippen LogP contribution >= 0.6 is 22.6 Å². The van der Waals surface area contributed by atoms with Crippen LogP contribution in [0.25, 0.3) is 10.9 Å². The number of carbonyl (C=O) groups is 1. The monoisotopic (exact) mass is 336 g/mol. The maximum Gasteiger partial charge on any atom is 0.253 e. The largest absolute Gasteiger partial charge is 0.341 e. The van der Waals surface area contributed by atoms with Crippen LogP contribution in [0.2, 0.25) is 0 Å². The highest BCUT2D eigenvalue weighted by Gasteiger charge is 2.07. The molecule has 4 heteroatoms. The molecule has 0 unspecified atom stereocenters. The molecule has 3 nitrogen and oxygen atoms in total. The van der Waals surface area contributed by atoms with Gasteiger partial charge in [-0.1, -0.05) is 18.1 Å². The van der Waals surface area contributed by atoms with Gasteiger partial charge in [0.2, 0.25) is 0 Å². The number of nitrogens with one attached hydrogen (secondary N) is 1. The summed E-state index contributed by atoms with van der Waals surface area (Å²) in [7, 11) is 0. The first-order valence-corrected chi connectivity index (χ1v) is 6.06. The summed E-state index contributed by atoms with van der Waals surface area (Å²) in [4.78, 5) is 16.0. The summed E-state index contributed by atoms with van der Waals surface area (Å²) >= 11 is 2.22. The lowest BCUT2D eigenvalue weighted by Gasteiger charge is -2.04. The first-order chi connectivity index (χ1) is 8.22. The first-order valence-electron chi connectivity index (χ1n) is 4.98. The molecule has 0 saturated carbocycles. The predicted octanol–water partition coefficient (Wildman–Crippen LogP) is 2.20. The molecule has 0 bridgehead atoms. The molecule has 0 aliphatic carbocycles. The van der Waals surface area contributed by atoms with Crippen molar-refractivity contribution in [3.63, 3.8) is 0 Å². The molecule has 1 N–H and O–H groups in total. The van der Waals surface area contributed by atoms with Crippen LogP contribution in [0.5, 0.6) is 0 Å². The highest BCUT2D eigenvalue weighted by atomic mass is 127. The summed E-state index contributed by atoms with van der Waals surface area (Å²) in [5.41, 5.74) is 1.43. The predicted molar refractivity (Wildman–Crippen MR) is 75.6 cm³/mol. The number of halogens is 1. The number of carbonyl (C=O) groups excluding carboxylic acids is 1. The maximum atomic E-state index is 11.7. The Kier molecular flexibility index (Phi) is 3.59. The summed E-state index contributed by atoms with van der Waals surface area (Å²) in [6.07, 6.45) is 6.65. The molecule has 0 atom stereocenters. The van der Waals surface area contributed by atoms with Crippen LogP contribution in [0.3, 0.4) is 0 Å². The van der Waals surface area contributed by atoms with Crippen molar-refractivity contribution < 1.29 is 4.79 Å². The molecule has 84 valence electrons. The SMILES string of the molecule is C#CCNC(=O)c1cnc2c(I)cccc2c1. The van der Waals surface area contributed by atoms with E-state index in [1.54, 1.807) is 6.20 Å². The zero-order valence-corrected chi connectivity index (χ0v) is 11.1. The third-order valence-electron chi connectivity index (χ3n) is 2.27. The van der Waals surface area contributed by atoms with Crippen molar-refractivity contribution in [3.8, 4) is 12.3 Å². The highest BCUT2D eigenvalue weighted by Crippen LogP contribution is 2.19. The molecule has 0 saturated heterocycles. The number of rotatable bonds is 2. The number of para-hydroxylation sites is 1. The van der Waals surface area contributed by atoms with Crippen LogP contribution in [0.4, 0.5) is 0 Å². The number of nitrogens with zero attached hydrogens (tertiary/aromatic N) is 1. The van der Waals surface area contributed by atoms with Crippen LogP contribution in [0, 0.1) is 15.9 Å². The van der Waals surface area contributed by atoms with Crippen molar-refractivity contribution >= 4 is 39.4 Å². The maximum absolute atomic E-state index is 11.7. The van der Waals surface area contributed by atoms with E-state index in [1.165, 1.54) is 0 Å². The molecule has 0 spiro atoms. The second-order valence-corrected chi connectivity index (χ2v) is 4.58. The Morgan fingerprint density at radius 3 is 3.12 bits per heavy atom. The number of amides is 1. The topological polar surface area (TPSA) is 42.0 Å². The standard InChI is InChI=1S/C13H9IN2O/c1-2-6-15-13(17)10-7-9-4-3-5-11(14)12(9)16-8-10/h1,3-5,7-8H,6H2,(H,15,17). The fourth-order valence-corrected chi connectivity index (χ4v) is 2.14. The summed E-state index contributed by atoms with van der Waals surface area (Å²) in [5.74, 6) is 2.16. The minimum atomic E-state index is -0.198. The van der Waals surface area contributed by atoms with Gasteiger partial charge in [0.15, 0.2) is 0 Å². The molecule has 0 aliphatic rings. The average Bonchev–Trinajstić information content (AvgIpc) is 2.36. The third kappa shape index (κ3) is 2.56. The van der Waals surface area contributed by atoms with Gasteiger partial charge in [-0.15, -0.1) is 6.42 Å². The summed E-state index contributed by atoms with van der Waals surface area (Å²) in [6.45, 7) is 0.225. The van der Waals surface area contributed by atoms with Crippen LogP contribution < -0.4 is 5.32 Å². The van der Waals surface area contributed by atoms with Gasteiger partial charge in [-0.25, -0.2) is 0 Å². The van der Waals surface area contributed by atoms with E-state index >= 15 is 0 Å². The molecular formula is C13H9IN2O. The molecule has 1 heterocycles. The van der Waals surface area contributed by atoms with Crippen molar-refractivity contribution in [1.82, 2.24) is 10.3 Å². The zero-order valence-electron chi connectivity index (χ0n) is 8.90. The summed E-state index contributed by atoms with van der Waals surface area (Å²) in [5, 5.41) is 3.56. The Morgan fingerprint density at radius 1 is 1.53 bits per heavy atom. The number of hydrogen-bond acceptors (Lipinski definition) is 2. The van der Waals surface area contributed by atoms with E-state index < -0.39 is 0 Å². The number of hydrogen-bond donors (Lipinski definition) is 1. The number of pyridine rings is 1. The quantitative estimate of drug-likeness (QED) is 0.675. The molecule has 2 rings (SSSR count). The molecular weight excluding hydrogens is 327 g/mol. The van der Waals surface area contributed by atoms with Crippen molar-refractivity contribution in [3.05, 3.63) is 39.6 Å². The number of terminal acetylenes is 1. The van der Waals surface area contributed by atoms with Gasteiger partial charge in [0.1, 0.15) is 0 Å². The van der Waals surface area contributed by atoms with Crippen LogP contribution in [-0.2, 0) is 0 Å². The van der Waals surface area contributed by atoms with E-state index in [2.05, 4.69) is 38.8 Å². The van der Waals surface area contributed by atoms with Crippen LogP contribution in [0.1, 0.15) is 10.4 Å². The molecule has 0 radical (unpaired) electrons. The van der Waals surface area contributed by atoms with Crippen molar-refractivity contribution in [2.24, 2.45) is 0 Å². The second kappa shape index (κ2) is 5.15.